The second kappa shape index (κ2) is 6.77. The molecule has 0 radical (unpaired) electrons. The molecule has 2 aliphatic rings. The Morgan fingerprint density at radius 3 is 2.33 bits per heavy atom. The Morgan fingerprint density at radius 1 is 1.19 bits per heavy atom. The van der Waals surface area contributed by atoms with Gasteiger partial charge in [0, 0.05) is 13.0 Å². The molecule has 5 nitrogen and oxygen atoms in total. The average Bonchev–Trinajstić information content (AvgIpc) is 2.67. The number of carbonyl (C=O) groups is 2. The average molecular weight is 297 g/mol. The van der Waals surface area contributed by atoms with Crippen molar-refractivity contribution in [3.63, 3.8) is 0 Å². The van der Waals surface area contributed by atoms with Crippen LogP contribution in [0.3, 0.4) is 0 Å². The van der Waals surface area contributed by atoms with Gasteiger partial charge in [0.1, 0.15) is 0 Å². The van der Waals surface area contributed by atoms with E-state index in [4.69, 9.17) is 0 Å². The van der Waals surface area contributed by atoms with Crippen LogP contribution in [0.25, 0.3) is 0 Å². The van der Waals surface area contributed by atoms with Crippen LogP contribution in [0.15, 0.2) is 0 Å². The van der Waals surface area contributed by atoms with Gasteiger partial charge >= 0.3 is 5.97 Å². The van der Waals surface area contributed by atoms with Crippen molar-refractivity contribution in [2.75, 3.05) is 13.2 Å². The predicted octanol–water partition coefficient (Wildman–Crippen LogP) is 2.03. The van der Waals surface area contributed by atoms with Gasteiger partial charge in [0.05, 0.1) is 18.1 Å². The lowest BCUT2D eigenvalue weighted by atomic mass is 9.77. The van der Waals surface area contributed by atoms with Crippen molar-refractivity contribution in [1.29, 1.82) is 0 Å². The van der Waals surface area contributed by atoms with Crippen molar-refractivity contribution in [2.45, 2.75) is 64.3 Å². The molecular formula is C16H27NO4. The van der Waals surface area contributed by atoms with Crippen LogP contribution in [0.1, 0.15) is 58.3 Å². The number of amides is 1. The van der Waals surface area contributed by atoms with Crippen molar-refractivity contribution in [1.82, 2.24) is 4.90 Å². The number of aliphatic hydroxyl groups is 1. The number of carboxylic acid groups (broad SMARTS) is 1. The molecule has 2 fully saturated rings. The Morgan fingerprint density at radius 2 is 1.81 bits per heavy atom. The number of likely N-dealkylation sites (tertiary alicyclic amines) is 1. The first-order valence-electron chi connectivity index (χ1n) is 8.14. The maximum Gasteiger partial charge on any atom is 0.310 e. The minimum absolute atomic E-state index is 0.0347. The number of carbonyl (C=O) groups excluding carboxylic acids is 1. The third-order valence-corrected chi connectivity index (χ3v) is 5.39. The fourth-order valence-electron chi connectivity index (χ4n) is 3.86. The standard InChI is InChI=1S/C16H27NO4/c1-12-6-9-17(13(12)11-18)14(19)10-16(15(20)21)7-4-2-3-5-8-16/h12-13,18H,2-11H2,1H3,(H,20,21). The highest BCUT2D eigenvalue weighted by atomic mass is 16.4. The molecule has 2 N–H and O–H groups in total. The summed E-state index contributed by atoms with van der Waals surface area (Å²) in [5, 5.41) is 19.1. The quantitative estimate of drug-likeness (QED) is 0.778. The first kappa shape index (κ1) is 16.3. The fourth-order valence-corrected chi connectivity index (χ4v) is 3.86. The lowest BCUT2D eigenvalue weighted by Gasteiger charge is -2.32. The minimum Gasteiger partial charge on any atom is -0.481 e. The molecule has 0 aromatic rings. The van der Waals surface area contributed by atoms with Crippen LogP contribution in [-0.2, 0) is 9.59 Å². The van der Waals surface area contributed by atoms with Crippen molar-refractivity contribution >= 4 is 11.9 Å². The molecule has 0 bridgehead atoms. The van der Waals surface area contributed by atoms with Gasteiger partial charge in [-0.3, -0.25) is 9.59 Å². The molecule has 1 saturated carbocycles. The number of aliphatic hydroxyl groups excluding tert-OH is 1. The number of rotatable bonds is 4. The van der Waals surface area contributed by atoms with Gasteiger partial charge in [-0.1, -0.05) is 32.6 Å². The summed E-state index contributed by atoms with van der Waals surface area (Å²) in [5.41, 5.74) is -0.889. The Kier molecular flexibility index (Phi) is 5.25. The van der Waals surface area contributed by atoms with Crippen molar-refractivity contribution < 1.29 is 19.8 Å². The van der Waals surface area contributed by atoms with Gasteiger partial charge in [0.2, 0.25) is 5.91 Å². The summed E-state index contributed by atoms with van der Waals surface area (Å²) in [6.07, 6.45) is 6.07. The van der Waals surface area contributed by atoms with E-state index in [-0.39, 0.29) is 30.9 Å². The molecule has 1 heterocycles. The van der Waals surface area contributed by atoms with E-state index in [0.29, 0.717) is 19.4 Å². The third-order valence-electron chi connectivity index (χ3n) is 5.39. The molecule has 2 rings (SSSR count). The zero-order valence-corrected chi connectivity index (χ0v) is 12.9. The molecule has 1 saturated heterocycles. The minimum atomic E-state index is -0.889. The molecule has 0 aromatic heterocycles. The fraction of sp³-hybridized carbons (Fsp3) is 0.875. The molecule has 120 valence electrons. The summed E-state index contributed by atoms with van der Waals surface area (Å²) in [4.78, 5) is 26.1. The zero-order chi connectivity index (χ0) is 15.5. The summed E-state index contributed by atoms with van der Waals surface area (Å²) in [5.74, 6) is -0.637. The molecule has 2 atom stereocenters. The van der Waals surface area contributed by atoms with E-state index in [1.54, 1.807) is 4.90 Å². The zero-order valence-electron chi connectivity index (χ0n) is 12.9. The van der Waals surface area contributed by atoms with E-state index < -0.39 is 11.4 Å². The van der Waals surface area contributed by atoms with Gasteiger partial charge in [-0.15, -0.1) is 0 Å². The molecule has 0 spiro atoms. The molecule has 1 aliphatic carbocycles. The summed E-state index contributed by atoms with van der Waals surface area (Å²) in [6, 6.07) is -0.144. The van der Waals surface area contributed by atoms with Gasteiger partial charge in [-0.2, -0.15) is 0 Å². The molecule has 1 amide bonds. The molecule has 21 heavy (non-hydrogen) atoms. The molecule has 0 aromatic carbocycles. The van der Waals surface area contributed by atoms with Gasteiger partial charge < -0.3 is 15.1 Å². The van der Waals surface area contributed by atoms with E-state index in [2.05, 4.69) is 0 Å². The van der Waals surface area contributed by atoms with Crippen molar-refractivity contribution in [2.24, 2.45) is 11.3 Å². The SMILES string of the molecule is CC1CCN(C(=O)CC2(C(=O)O)CCCCCC2)C1CO. The number of hydrogen-bond acceptors (Lipinski definition) is 3. The normalized spacial score (nSPS) is 29.1. The second-order valence-corrected chi connectivity index (χ2v) is 6.78. The summed E-state index contributed by atoms with van der Waals surface area (Å²) in [7, 11) is 0. The van der Waals surface area contributed by atoms with E-state index in [9.17, 15) is 19.8 Å². The van der Waals surface area contributed by atoms with Gasteiger partial charge in [0.15, 0.2) is 0 Å². The Hall–Kier alpha value is -1.10. The Bertz CT molecular complexity index is 388. The van der Waals surface area contributed by atoms with E-state index >= 15 is 0 Å². The van der Waals surface area contributed by atoms with Gasteiger partial charge in [0.25, 0.3) is 0 Å². The Labute approximate surface area is 126 Å². The van der Waals surface area contributed by atoms with Crippen LogP contribution in [0.2, 0.25) is 0 Å². The summed E-state index contributed by atoms with van der Waals surface area (Å²) >= 11 is 0. The highest BCUT2D eigenvalue weighted by molar-refractivity contribution is 5.85. The second-order valence-electron chi connectivity index (χ2n) is 6.78. The van der Waals surface area contributed by atoms with Crippen molar-refractivity contribution in [3.05, 3.63) is 0 Å². The summed E-state index contributed by atoms with van der Waals surface area (Å²) < 4.78 is 0. The Balaban J connectivity index is 2.09. The van der Waals surface area contributed by atoms with Gasteiger partial charge in [-0.25, -0.2) is 0 Å². The maximum atomic E-state index is 12.6. The highest BCUT2D eigenvalue weighted by Crippen LogP contribution is 2.39. The number of hydrogen-bond donors (Lipinski definition) is 2. The monoisotopic (exact) mass is 297 g/mol. The van der Waals surface area contributed by atoms with Crippen LogP contribution < -0.4 is 0 Å². The topological polar surface area (TPSA) is 77.8 Å². The van der Waals surface area contributed by atoms with E-state index in [1.807, 2.05) is 6.92 Å². The lowest BCUT2D eigenvalue weighted by Crippen LogP contribution is -2.44. The third kappa shape index (κ3) is 3.39. The molecule has 1 aliphatic heterocycles. The van der Waals surface area contributed by atoms with Crippen LogP contribution in [0, 0.1) is 11.3 Å². The van der Waals surface area contributed by atoms with Crippen LogP contribution >= 0.6 is 0 Å². The highest BCUT2D eigenvalue weighted by Gasteiger charge is 2.43. The molecular weight excluding hydrogens is 270 g/mol. The van der Waals surface area contributed by atoms with Gasteiger partial charge in [-0.05, 0) is 25.2 Å². The van der Waals surface area contributed by atoms with E-state index in [0.717, 1.165) is 32.1 Å². The maximum absolute atomic E-state index is 12.6. The molecule has 2 unspecified atom stereocenters. The molecule has 5 heteroatoms. The largest absolute Gasteiger partial charge is 0.481 e. The first-order chi connectivity index (χ1) is 10.00. The van der Waals surface area contributed by atoms with Crippen LogP contribution in [0.4, 0.5) is 0 Å². The summed E-state index contributed by atoms with van der Waals surface area (Å²) in [6.45, 7) is 2.64. The first-order valence-corrected chi connectivity index (χ1v) is 8.14. The smallest absolute Gasteiger partial charge is 0.310 e. The number of nitrogens with zero attached hydrogens (tertiary/aromatic N) is 1. The number of aliphatic carboxylic acids is 1. The lowest BCUT2D eigenvalue weighted by molar-refractivity contribution is -0.155. The van der Waals surface area contributed by atoms with Crippen LogP contribution in [-0.4, -0.2) is 46.2 Å². The predicted molar refractivity (Wildman–Crippen MR) is 78.8 cm³/mol. The number of carboxylic acids is 1. The van der Waals surface area contributed by atoms with E-state index in [1.165, 1.54) is 0 Å². The van der Waals surface area contributed by atoms with Crippen molar-refractivity contribution in [3.8, 4) is 0 Å². The van der Waals surface area contributed by atoms with Crippen LogP contribution in [0.5, 0.6) is 0 Å².